The van der Waals surface area contributed by atoms with Crippen LogP contribution in [0.2, 0.25) is 0 Å². The molecule has 242 valence electrons. The first-order chi connectivity index (χ1) is 22.0. The average Bonchev–Trinajstić information content (AvgIpc) is 3.02. The maximum atomic E-state index is 14.6. The first-order valence-electron chi connectivity index (χ1n) is 15.8. The topological polar surface area (TPSA) is 86.8 Å². The molecule has 4 rings (SSSR count). The third-order valence-electron chi connectivity index (χ3n) is 8.04. The minimum Gasteiger partial charge on any atom is -0.354 e. The molecule has 0 aliphatic heterocycles. The number of hydrogen-bond donors (Lipinski definition) is 1. The first-order valence-corrected chi connectivity index (χ1v) is 17.3. The summed E-state index contributed by atoms with van der Waals surface area (Å²) in [5.41, 5.74) is 5.83. The van der Waals surface area contributed by atoms with E-state index in [4.69, 9.17) is 0 Å². The van der Waals surface area contributed by atoms with Gasteiger partial charge in [-0.05, 0) is 69.0 Å². The molecule has 0 aliphatic carbocycles. The van der Waals surface area contributed by atoms with E-state index in [-0.39, 0.29) is 23.8 Å². The SMILES string of the molecule is CCCCNC(=O)C(Cc1ccccc1)N(Cc1cccc(C)c1)C(=O)CN(c1ccc(C)cc1C)S(=O)(=O)c1ccc(C)cc1. The van der Waals surface area contributed by atoms with Crippen molar-refractivity contribution >= 4 is 27.5 Å². The molecule has 8 heteroatoms. The molecule has 7 nitrogen and oxygen atoms in total. The molecule has 4 aromatic rings. The van der Waals surface area contributed by atoms with Gasteiger partial charge in [0.15, 0.2) is 0 Å². The Morgan fingerprint density at radius 3 is 2.07 bits per heavy atom. The minimum atomic E-state index is -4.15. The fourth-order valence-corrected chi connectivity index (χ4v) is 6.98. The lowest BCUT2D eigenvalue weighted by Gasteiger charge is -2.34. The number of anilines is 1. The maximum absolute atomic E-state index is 14.6. The van der Waals surface area contributed by atoms with Crippen LogP contribution < -0.4 is 9.62 Å². The number of nitrogens with zero attached hydrogens (tertiary/aromatic N) is 2. The van der Waals surface area contributed by atoms with Crippen LogP contribution in [0.1, 0.15) is 53.1 Å². The van der Waals surface area contributed by atoms with Gasteiger partial charge in [0.1, 0.15) is 12.6 Å². The Morgan fingerprint density at radius 2 is 1.41 bits per heavy atom. The Labute approximate surface area is 274 Å². The molecule has 0 aliphatic rings. The molecule has 0 saturated carbocycles. The van der Waals surface area contributed by atoms with Gasteiger partial charge in [-0.15, -0.1) is 0 Å². The van der Waals surface area contributed by atoms with Crippen LogP contribution in [0.5, 0.6) is 0 Å². The lowest BCUT2D eigenvalue weighted by atomic mass is 10.0. The van der Waals surface area contributed by atoms with E-state index in [0.29, 0.717) is 12.2 Å². The van der Waals surface area contributed by atoms with Crippen LogP contribution in [-0.4, -0.2) is 44.3 Å². The van der Waals surface area contributed by atoms with E-state index in [1.807, 2.05) is 94.4 Å². The van der Waals surface area contributed by atoms with Crippen molar-refractivity contribution in [3.8, 4) is 0 Å². The minimum absolute atomic E-state index is 0.0919. The number of aryl methyl sites for hydroxylation is 4. The number of hydrogen-bond acceptors (Lipinski definition) is 4. The Morgan fingerprint density at radius 1 is 0.761 bits per heavy atom. The van der Waals surface area contributed by atoms with E-state index in [1.165, 1.54) is 4.31 Å². The molecule has 0 bridgehead atoms. The first kappa shape index (κ1) is 34.4. The zero-order valence-electron chi connectivity index (χ0n) is 27.5. The number of benzene rings is 4. The highest BCUT2D eigenvalue weighted by atomic mass is 32.2. The number of unbranched alkanes of at least 4 members (excludes halogenated alkanes) is 1. The van der Waals surface area contributed by atoms with Gasteiger partial charge in [0.25, 0.3) is 10.0 Å². The van der Waals surface area contributed by atoms with Crippen LogP contribution >= 0.6 is 0 Å². The van der Waals surface area contributed by atoms with Gasteiger partial charge in [0.2, 0.25) is 11.8 Å². The van der Waals surface area contributed by atoms with Crippen LogP contribution in [-0.2, 0) is 32.6 Å². The molecule has 2 amide bonds. The number of rotatable bonds is 14. The van der Waals surface area contributed by atoms with Crippen molar-refractivity contribution in [3.05, 3.63) is 130 Å². The highest BCUT2D eigenvalue weighted by Gasteiger charge is 2.35. The summed E-state index contributed by atoms with van der Waals surface area (Å²) in [5.74, 6) is -0.735. The van der Waals surface area contributed by atoms with Crippen molar-refractivity contribution in [2.24, 2.45) is 0 Å². The summed E-state index contributed by atoms with van der Waals surface area (Å²) in [4.78, 5) is 30.2. The second kappa shape index (κ2) is 15.7. The summed E-state index contributed by atoms with van der Waals surface area (Å²) >= 11 is 0. The van der Waals surface area contributed by atoms with E-state index in [1.54, 1.807) is 35.2 Å². The second-order valence-corrected chi connectivity index (χ2v) is 13.8. The Kier molecular flexibility index (Phi) is 11.8. The standard InChI is InChI=1S/C38H45N3O4S/c1-6-7-22-39-38(43)36(25-32-13-9-8-10-14-32)40(26-33-15-11-12-29(3)24-33)37(42)27-41(35-21-18-30(4)23-31(35)5)46(44,45)34-19-16-28(2)17-20-34/h8-21,23-24,36H,6-7,22,25-27H2,1-5H3,(H,39,43). The van der Waals surface area contributed by atoms with Gasteiger partial charge >= 0.3 is 0 Å². The highest BCUT2D eigenvalue weighted by Crippen LogP contribution is 2.29. The molecule has 0 spiro atoms. The summed E-state index contributed by atoms with van der Waals surface area (Å²) in [6, 6.07) is 28.6. The van der Waals surface area contributed by atoms with Crippen molar-refractivity contribution in [1.82, 2.24) is 10.2 Å². The molecular weight excluding hydrogens is 595 g/mol. The Bertz CT molecular complexity index is 1740. The van der Waals surface area contributed by atoms with Gasteiger partial charge in [-0.2, -0.15) is 0 Å². The van der Waals surface area contributed by atoms with Gasteiger partial charge in [0, 0.05) is 19.5 Å². The predicted octanol–water partition coefficient (Wildman–Crippen LogP) is 6.67. The summed E-state index contributed by atoms with van der Waals surface area (Å²) in [5, 5.41) is 3.03. The smallest absolute Gasteiger partial charge is 0.264 e. The summed E-state index contributed by atoms with van der Waals surface area (Å²) in [7, 11) is -4.15. The average molecular weight is 640 g/mol. The van der Waals surface area contributed by atoms with Crippen molar-refractivity contribution < 1.29 is 18.0 Å². The zero-order valence-corrected chi connectivity index (χ0v) is 28.3. The van der Waals surface area contributed by atoms with Crippen molar-refractivity contribution in [2.45, 2.75) is 71.4 Å². The van der Waals surface area contributed by atoms with Gasteiger partial charge in [-0.25, -0.2) is 8.42 Å². The number of carbonyl (C=O) groups is 2. The molecule has 46 heavy (non-hydrogen) atoms. The van der Waals surface area contributed by atoms with Crippen LogP contribution in [0.25, 0.3) is 0 Å². The Hall–Kier alpha value is -4.43. The van der Waals surface area contributed by atoms with E-state index in [0.717, 1.165) is 46.2 Å². The monoisotopic (exact) mass is 639 g/mol. The summed E-state index contributed by atoms with van der Waals surface area (Å²) < 4.78 is 29.8. The third-order valence-corrected chi connectivity index (χ3v) is 9.82. The van der Waals surface area contributed by atoms with E-state index in [9.17, 15) is 18.0 Å². The molecule has 1 atom stereocenters. The quantitative estimate of drug-likeness (QED) is 0.156. The zero-order chi connectivity index (χ0) is 33.3. The fraction of sp³-hybridized carbons (Fsp3) is 0.316. The van der Waals surface area contributed by atoms with Crippen molar-refractivity contribution in [1.29, 1.82) is 0 Å². The van der Waals surface area contributed by atoms with Crippen LogP contribution in [0.15, 0.2) is 102 Å². The van der Waals surface area contributed by atoms with Gasteiger partial charge in [0.05, 0.1) is 10.6 Å². The highest BCUT2D eigenvalue weighted by molar-refractivity contribution is 7.92. The van der Waals surface area contributed by atoms with Crippen LogP contribution in [0, 0.1) is 27.7 Å². The lowest BCUT2D eigenvalue weighted by molar-refractivity contribution is -0.140. The molecule has 0 heterocycles. The van der Waals surface area contributed by atoms with Crippen LogP contribution in [0.3, 0.4) is 0 Å². The van der Waals surface area contributed by atoms with E-state index in [2.05, 4.69) is 12.2 Å². The van der Waals surface area contributed by atoms with Gasteiger partial charge in [-0.3, -0.25) is 13.9 Å². The molecule has 1 N–H and O–H groups in total. The number of nitrogens with one attached hydrogen (secondary N) is 1. The molecule has 0 aromatic heterocycles. The summed E-state index contributed by atoms with van der Waals surface area (Å²) in [6.07, 6.45) is 2.01. The van der Waals surface area contributed by atoms with E-state index < -0.39 is 28.5 Å². The number of carbonyl (C=O) groups excluding carboxylic acids is 2. The molecule has 0 saturated heterocycles. The second-order valence-electron chi connectivity index (χ2n) is 12.0. The van der Waals surface area contributed by atoms with Crippen molar-refractivity contribution in [3.63, 3.8) is 0 Å². The van der Waals surface area contributed by atoms with E-state index >= 15 is 0 Å². The van der Waals surface area contributed by atoms with Gasteiger partial charge in [-0.1, -0.05) is 109 Å². The van der Waals surface area contributed by atoms with Gasteiger partial charge < -0.3 is 10.2 Å². The molecule has 4 aromatic carbocycles. The summed E-state index contributed by atoms with van der Waals surface area (Å²) in [6.45, 7) is 9.86. The molecular formula is C38H45N3O4S. The molecule has 0 fully saturated rings. The maximum Gasteiger partial charge on any atom is 0.264 e. The normalized spacial score (nSPS) is 11.9. The van der Waals surface area contributed by atoms with Crippen LogP contribution in [0.4, 0.5) is 5.69 Å². The third kappa shape index (κ3) is 8.85. The molecule has 1 unspecified atom stereocenters. The molecule has 0 radical (unpaired) electrons. The Balaban J connectivity index is 1.81. The lowest BCUT2D eigenvalue weighted by Crippen LogP contribution is -2.53. The predicted molar refractivity (Wildman–Crippen MR) is 185 cm³/mol. The largest absolute Gasteiger partial charge is 0.354 e. The van der Waals surface area contributed by atoms with Crippen molar-refractivity contribution in [2.75, 3.05) is 17.4 Å². The number of amides is 2. The fourth-order valence-electron chi connectivity index (χ4n) is 5.50. The number of sulfonamides is 1.